The van der Waals surface area contributed by atoms with Crippen LogP contribution in [0, 0.1) is 0 Å². The third-order valence-electron chi connectivity index (χ3n) is 19.8. The number of ether oxygens (including phenoxy) is 4. The minimum atomic E-state index is -1.86. The third kappa shape index (κ3) is 19.1. The van der Waals surface area contributed by atoms with Crippen LogP contribution in [0.2, 0.25) is 0 Å². The van der Waals surface area contributed by atoms with Gasteiger partial charge < -0.3 is 37.0 Å². The standard InChI is InChI=1S/C76H114O10P2/c1-7-11-15-19-23-27-31-35-39-43-57-61-47-65-59(45-41-37-33-29-25-21-17-13-9-3)67-49-63-58(44-40-36-32-28-24-20-16-12-8-2)64-50-68-60(46-42-38-34-30-26-22-18-14-10-4)66-48-62(57)70-52-74(66)84-88(78-6)86-76(68)54-72(64)82-56-81-71(63)53-75(67)85-87(77-5)83-73(65)51-69(61)79-55-80-70/h47-54,57-60H,7-46,55-56H2,1-6H3. The Kier molecular flexibility index (Phi) is 29.2. The lowest BCUT2D eigenvalue weighted by Gasteiger charge is -2.35. The zero-order valence-electron chi connectivity index (χ0n) is 55.6. The van der Waals surface area contributed by atoms with Crippen molar-refractivity contribution in [3.63, 3.8) is 0 Å². The van der Waals surface area contributed by atoms with Gasteiger partial charge in [0.15, 0.2) is 0 Å². The molecule has 0 amide bonds. The summed E-state index contributed by atoms with van der Waals surface area (Å²) in [5.41, 5.74) is 9.42. The number of hydrogen-bond acceptors (Lipinski definition) is 10. The molecule has 0 saturated heterocycles. The molecule has 0 N–H and O–H groups in total. The smallest absolute Gasteiger partial charge is 0.457 e. The largest absolute Gasteiger partial charge is 0.462 e. The van der Waals surface area contributed by atoms with Crippen LogP contribution >= 0.6 is 17.2 Å². The maximum atomic E-state index is 7.03. The predicted molar refractivity (Wildman–Crippen MR) is 363 cm³/mol. The molecule has 4 aliphatic heterocycles. The molecule has 88 heavy (non-hydrogen) atoms. The zero-order valence-corrected chi connectivity index (χ0v) is 57.4. The van der Waals surface area contributed by atoms with E-state index in [1.807, 2.05) is 0 Å². The Morgan fingerprint density at radius 2 is 0.443 bits per heavy atom. The Morgan fingerprint density at radius 3 is 0.636 bits per heavy atom. The van der Waals surface area contributed by atoms with E-state index >= 15 is 0 Å². The van der Waals surface area contributed by atoms with E-state index in [9.17, 15) is 0 Å². The molecular formula is C76H114O10P2. The summed E-state index contributed by atoms with van der Waals surface area (Å²) < 4.78 is 68.0. The maximum absolute atomic E-state index is 7.03. The minimum absolute atomic E-state index is 0.0292. The van der Waals surface area contributed by atoms with Gasteiger partial charge in [0.25, 0.3) is 0 Å². The average molecular weight is 1250 g/mol. The van der Waals surface area contributed by atoms with Crippen molar-refractivity contribution < 1.29 is 46.1 Å². The van der Waals surface area contributed by atoms with Crippen molar-refractivity contribution in [1.82, 2.24) is 0 Å². The molecule has 4 aromatic carbocycles. The molecule has 9 rings (SSSR count). The fourth-order valence-corrected chi connectivity index (χ4v) is 16.4. The summed E-state index contributed by atoms with van der Waals surface area (Å²) in [5, 5.41) is 0. The van der Waals surface area contributed by atoms with Gasteiger partial charge >= 0.3 is 17.2 Å². The van der Waals surface area contributed by atoms with Crippen LogP contribution in [-0.2, 0) is 9.05 Å². The van der Waals surface area contributed by atoms with Crippen LogP contribution in [0.5, 0.6) is 46.0 Å². The third-order valence-corrected chi connectivity index (χ3v) is 21.8. The Bertz CT molecular complexity index is 2380. The van der Waals surface area contributed by atoms with Gasteiger partial charge in [0.2, 0.25) is 13.6 Å². The van der Waals surface area contributed by atoms with E-state index in [4.69, 9.17) is 46.1 Å². The lowest BCUT2D eigenvalue weighted by atomic mass is 9.76. The van der Waals surface area contributed by atoms with E-state index in [-0.39, 0.29) is 37.3 Å². The molecule has 0 unspecified atom stereocenters. The summed E-state index contributed by atoms with van der Waals surface area (Å²) >= 11 is 0. The molecule has 0 radical (unpaired) electrons. The minimum Gasteiger partial charge on any atom is -0.457 e. The molecule has 0 atom stereocenters. The van der Waals surface area contributed by atoms with Crippen LogP contribution in [0.1, 0.15) is 353 Å². The lowest BCUT2D eigenvalue weighted by molar-refractivity contribution is 0.113. The molecule has 0 saturated carbocycles. The monoisotopic (exact) mass is 1250 g/mol. The van der Waals surface area contributed by atoms with E-state index in [1.165, 1.54) is 250 Å². The first-order valence-electron chi connectivity index (χ1n) is 36.1. The quantitative estimate of drug-likeness (QED) is 0.0315. The highest BCUT2D eigenvalue weighted by atomic mass is 31.2. The van der Waals surface area contributed by atoms with Crippen molar-refractivity contribution in [2.24, 2.45) is 0 Å². The summed E-state index contributed by atoms with van der Waals surface area (Å²) in [6.45, 7) is 9.27. The molecule has 0 fully saturated rings. The van der Waals surface area contributed by atoms with Gasteiger partial charge in [-0.25, -0.2) is 0 Å². The van der Waals surface area contributed by atoms with Gasteiger partial charge in [-0.05, 0) is 49.9 Å². The fourth-order valence-electron chi connectivity index (χ4n) is 14.7. The lowest BCUT2D eigenvalue weighted by Crippen LogP contribution is -2.21. The van der Waals surface area contributed by atoms with Crippen LogP contribution in [0.4, 0.5) is 0 Å². The van der Waals surface area contributed by atoms with E-state index in [2.05, 4.69) is 76.2 Å². The van der Waals surface area contributed by atoms with Crippen molar-refractivity contribution in [3.8, 4) is 46.0 Å². The molecule has 0 spiro atoms. The highest BCUT2D eigenvalue weighted by molar-refractivity contribution is 7.42. The molecule has 0 aromatic heterocycles. The van der Waals surface area contributed by atoms with Crippen LogP contribution in [-0.4, -0.2) is 27.8 Å². The molecule has 1 aliphatic carbocycles. The Hall–Kier alpha value is -3.94. The summed E-state index contributed by atoms with van der Waals surface area (Å²) in [5.74, 6) is 6.02. The zero-order chi connectivity index (χ0) is 61.1. The number of rotatable bonds is 42. The molecule has 4 aromatic rings. The van der Waals surface area contributed by atoms with Crippen molar-refractivity contribution >= 4 is 17.2 Å². The van der Waals surface area contributed by atoms with Gasteiger partial charge in [-0.3, -0.25) is 9.05 Å². The Balaban J connectivity index is 1.22. The van der Waals surface area contributed by atoms with Gasteiger partial charge in [-0.15, -0.1) is 0 Å². The number of hydrogen-bond donors (Lipinski definition) is 0. The molecule has 8 bridgehead atoms. The van der Waals surface area contributed by atoms with Crippen molar-refractivity contribution in [3.05, 3.63) is 93.0 Å². The van der Waals surface area contributed by atoms with E-state index in [1.54, 1.807) is 14.2 Å². The predicted octanol–water partition coefficient (Wildman–Crippen LogP) is 25.0. The van der Waals surface area contributed by atoms with Gasteiger partial charge in [0.05, 0.1) is 0 Å². The molecule has 488 valence electrons. The maximum Gasteiger partial charge on any atom is 0.462 e. The van der Waals surface area contributed by atoms with Crippen LogP contribution < -0.4 is 37.0 Å². The average Bonchev–Trinajstić information content (AvgIpc) is 2.08. The van der Waals surface area contributed by atoms with Gasteiger partial charge in [-0.1, -0.05) is 259 Å². The first kappa shape index (κ1) is 68.4. The summed E-state index contributed by atoms with van der Waals surface area (Å²) in [6, 6.07) is 18.6. The second kappa shape index (κ2) is 37.5. The SMILES string of the molecule is CCCCCCCCCCCC1c2cc3c4cc2OCOc2cc5c(cc21)C(CCCCCCCCCCC)c1cc2c(cc1OP(OC)O5)OCOc1cc(c(cc1C2CCCCCCCCCCC)C3CCCCCCCCCCC)OP(OC)O4. The van der Waals surface area contributed by atoms with Crippen molar-refractivity contribution in [2.75, 3.05) is 27.8 Å². The topological polar surface area (TPSA) is 92.3 Å². The second-order valence-corrected chi connectivity index (χ2v) is 28.7. The second-order valence-electron chi connectivity index (χ2n) is 26.4. The first-order chi connectivity index (χ1) is 43.5. The number of benzene rings is 4. The molecule has 5 aliphatic rings. The normalized spacial score (nSPS) is 19.3. The molecule has 4 heterocycles. The Labute approximate surface area is 535 Å². The summed E-state index contributed by atoms with van der Waals surface area (Å²) in [7, 11) is -0.348. The van der Waals surface area contributed by atoms with Gasteiger partial charge in [-0.2, -0.15) is 0 Å². The van der Waals surface area contributed by atoms with Crippen LogP contribution in [0.3, 0.4) is 0 Å². The highest BCUT2D eigenvalue weighted by Gasteiger charge is 2.40. The van der Waals surface area contributed by atoms with Crippen LogP contribution in [0.25, 0.3) is 0 Å². The van der Waals surface area contributed by atoms with E-state index in [0.717, 1.165) is 97.4 Å². The molecular weight excluding hydrogens is 1130 g/mol. The van der Waals surface area contributed by atoms with Gasteiger partial charge in [0.1, 0.15) is 46.0 Å². The number of unbranched alkanes of at least 4 members (excludes halogenated alkanes) is 32. The first-order valence-corrected chi connectivity index (χ1v) is 38.3. The summed E-state index contributed by atoms with van der Waals surface area (Å²) in [6.07, 6.45) is 49.2. The van der Waals surface area contributed by atoms with Gasteiger partial charge in [0, 0.05) is 107 Å². The fraction of sp³-hybridized carbons (Fsp3) is 0.684. The Morgan fingerprint density at radius 1 is 0.261 bits per heavy atom. The van der Waals surface area contributed by atoms with E-state index in [0.29, 0.717) is 0 Å². The van der Waals surface area contributed by atoms with Crippen molar-refractivity contribution in [2.45, 2.75) is 308 Å². The summed E-state index contributed by atoms with van der Waals surface area (Å²) in [4.78, 5) is 0. The van der Waals surface area contributed by atoms with Crippen molar-refractivity contribution in [1.29, 1.82) is 0 Å². The van der Waals surface area contributed by atoms with Crippen LogP contribution in [0.15, 0.2) is 48.5 Å². The highest BCUT2D eigenvalue weighted by Crippen LogP contribution is 2.60. The molecule has 10 nitrogen and oxygen atoms in total. The van der Waals surface area contributed by atoms with E-state index < -0.39 is 17.2 Å². The molecule has 12 heteroatoms.